The molecule has 1 aromatic heterocycles. The number of amides is 2. The monoisotopic (exact) mass is 417 g/mol. The van der Waals surface area contributed by atoms with Gasteiger partial charge in [0.1, 0.15) is 0 Å². The molecule has 2 aromatic carbocycles. The van der Waals surface area contributed by atoms with Crippen molar-refractivity contribution in [2.75, 3.05) is 19.6 Å². The maximum absolute atomic E-state index is 12.3. The molecule has 1 fully saturated rings. The third kappa shape index (κ3) is 4.99. The van der Waals surface area contributed by atoms with Crippen molar-refractivity contribution >= 4 is 11.8 Å². The summed E-state index contributed by atoms with van der Waals surface area (Å²) in [7, 11) is 0. The minimum atomic E-state index is -0.0616. The molecule has 160 valence electrons. The number of hydrogen-bond donors (Lipinski definition) is 1. The second kappa shape index (κ2) is 9.55. The summed E-state index contributed by atoms with van der Waals surface area (Å²) in [5, 5.41) is 11.4. The number of rotatable bonds is 8. The number of nitrogens with zero attached hydrogens (tertiary/aromatic N) is 4. The maximum atomic E-state index is 12.3. The highest BCUT2D eigenvalue weighted by molar-refractivity contribution is 5.84. The Hall–Kier alpha value is -3.48. The van der Waals surface area contributed by atoms with E-state index in [1.807, 2.05) is 43.5 Å². The molecule has 7 nitrogen and oxygen atoms in total. The molecular formula is C24H27N5O2. The lowest BCUT2D eigenvalue weighted by Gasteiger charge is -2.38. The summed E-state index contributed by atoms with van der Waals surface area (Å²) in [6.45, 7) is 3.91. The van der Waals surface area contributed by atoms with Gasteiger partial charge in [-0.2, -0.15) is 0 Å². The van der Waals surface area contributed by atoms with Gasteiger partial charge in [0.25, 0.3) is 0 Å². The summed E-state index contributed by atoms with van der Waals surface area (Å²) in [6, 6.07) is 18.4. The van der Waals surface area contributed by atoms with E-state index >= 15 is 0 Å². The molecular weight excluding hydrogens is 390 g/mol. The van der Waals surface area contributed by atoms with Crippen molar-refractivity contribution in [3.05, 3.63) is 66.5 Å². The van der Waals surface area contributed by atoms with E-state index < -0.39 is 0 Å². The van der Waals surface area contributed by atoms with Crippen LogP contribution in [0.25, 0.3) is 16.8 Å². The van der Waals surface area contributed by atoms with Crippen LogP contribution in [-0.4, -0.2) is 51.3 Å². The fourth-order valence-corrected chi connectivity index (χ4v) is 3.63. The molecule has 2 heterocycles. The van der Waals surface area contributed by atoms with E-state index in [0.717, 1.165) is 23.4 Å². The van der Waals surface area contributed by atoms with Gasteiger partial charge in [-0.25, -0.2) is 4.68 Å². The quantitative estimate of drug-likeness (QED) is 0.611. The third-order valence-corrected chi connectivity index (χ3v) is 5.54. The Morgan fingerprint density at radius 1 is 1.00 bits per heavy atom. The van der Waals surface area contributed by atoms with Gasteiger partial charge in [0.15, 0.2) is 0 Å². The van der Waals surface area contributed by atoms with E-state index in [-0.39, 0.29) is 30.6 Å². The smallest absolute Gasteiger partial charge is 0.223 e. The van der Waals surface area contributed by atoms with Crippen molar-refractivity contribution < 1.29 is 9.59 Å². The molecule has 4 rings (SSSR count). The van der Waals surface area contributed by atoms with Crippen molar-refractivity contribution in [2.24, 2.45) is 0 Å². The lowest BCUT2D eigenvalue weighted by atomic mass is 9.96. The van der Waals surface area contributed by atoms with Gasteiger partial charge in [0, 0.05) is 38.4 Å². The second-order valence-electron chi connectivity index (χ2n) is 7.85. The van der Waals surface area contributed by atoms with Crippen LogP contribution in [0.4, 0.5) is 0 Å². The average molecular weight is 418 g/mol. The third-order valence-electron chi connectivity index (χ3n) is 5.54. The van der Waals surface area contributed by atoms with Crippen LogP contribution in [0.5, 0.6) is 0 Å². The van der Waals surface area contributed by atoms with Crippen LogP contribution >= 0.6 is 0 Å². The van der Waals surface area contributed by atoms with Gasteiger partial charge in [-0.15, -0.1) is 5.10 Å². The first-order chi connectivity index (χ1) is 15.1. The minimum Gasteiger partial charge on any atom is -0.356 e. The second-order valence-corrected chi connectivity index (χ2v) is 7.85. The Balaban J connectivity index is 1.29. The number of likely N-dealkylation sites (tertiary alicyclic amines) is 1. The topological polar surface area (TPSA) is 80.1 Å². The van der Waals surface area contributed by atoms with E-state index in [1.54, 1.807) is 9.58 Å². The zero-order valence-electron chi connectivity index (χ0n) is 17.7. The first kappa shape index (κ1) is 20.8. The number of carbonyl (C=O) groups excluding carboxylic acids is 2. The van der Waals surface area contributed by atoms with Gasteiger partial charge in [0.05, 0.1) is 17.6 Å². The van der Waals surface area contributed by atoms with Gasteiger partial charge in [-0.3, -0.25) is 9.59 Å². The number of benzene rings is 2. The Bertz CT molecular complexity index is 1020. The molecule has 0 saturated carbocycles. The molecule has 31 heavy (non-hydrogen) atoms. The van der Waals surface area contributed by atoms with E-state index in [1.165, 1.54) is 5.56 Å². The molecule has 0 bridgehead atoms. The van der Waals surface area contributed by atoms with Crippen molar-refractivity contribution in [2.45, 2.75) is 32.1 Å². The van der Waals surface area contributed by atoms with Gasteiger partial charge in [-0.05, 0) is 29.7 Å². The van der Waals surface area contributed by atoms with Crippen LogP contribution in [0.1, 0.15) is 37.8 Å². The highest BCUT2D eigenvalue weighted by atomic mass is 16.2. The molecule has 0 aliphatic carbocycles. The highest BCUT2D eigenvalue weighted by Crippen LogP contribution is 2.27. The van der Waals surface area contributed by atoms with Crippen molar-refractivity contribution in [3.8, 4) is 16.8 Å². The molecule has 2 amide bonds. The summed E-state index contributed by atoms with van der Waals surface area (Å²) in [5.74, 6) is 0.149. The molecule has 0 spiro atoms. The number of carbonyl (C=O) groups is 2. The fraction of sp³-hybridized carbons (Fsp3) is 0.333. The SMILES string of the molecule is CCCNC(=O)CCC(=O)N1CC(c2cn(-c3ccc(-c4ccccc4)cc3)nn2)C1. The summed E-state index contributed by atoms with van der Waals surface area (Å²) in [6.07, 6.45) is 3.32. The van der Waals surface area contributed by atoms with Crippen molar-refractivity contribution in [1.29, 1.82) is 0 Å². The van der Waals surface area contributed by atoms with Crippen LogP contribution in [0.15, 0.2) is 60.8 Å². The Morgan fingerprint density at radius 3 is 2.42 bits per heavy atom. The van der Waals surface area contributed by atoms with Crippen LogP contribution in [-0.2, 0) is 9.59 Å². The molecule has 1 saturated heterocycles. The molecule has 0 unspecified atom stereocenters. The fourth-order valence-electron chi connectivity index (χ4n) is 3.63. The normalized spacial score (nSPS) is 13.6. The predicted molar refractivity (Wildman–Crippen MR) is 119 cm³/mol. The first-order valence-electron chi connectivity index (χ1n) is 10.8. The standard InChI is InChI=1S/C24H27N5O2/c1-2-14-25-23(30)12-13-24(31)28-15-20(16-28)22-17-29(27-26-22)21-10-8-19(9-11-21)18-6-4-3-5-7-18/h3-11,17,20H,2,12-16H2,1H3,(H,25,30). The zero-order valence-corrected chi connectivity index (χ0v) is 17.7. The van der Waals surface area contributed by atoms with Gasteiger partial charge in [-0.1, -0.05) is 54.6 Å². The summed E-state index contributed by atoms with van der Waals surface area (Å²) >= 11 is 0. The van der Waals surface area contributed by atoms with E-state index in [9.17, 15) is 9.59 Å². The molecule has 0 radical (unpaired) electrons. The van der Waals surface area contributed by atoms with E-state index in [0.29, 0.717) is 19.6 Å². The van der Waals surface area contributed by atoms with Crippen LogP contribution in [0, 0.1) is 0 Å². The predicted octanol–water partition coefficient (Wildman–Crippen LogP) is 3.17. The number of aromatic nitrogens is 3. The highest BCUT2D eigenvalue weighted by Gasteiger charge is 2.33. The molecule has 1 aliphatic heterocycles. The molecule has 7 heteroatoms. The molecule has 3 aromatic rings. The Kier molecular flexibility index (Phi) is 6.40. The Morgan fingerprint density at radius 2 is 1.71 bits per heavy atom. The largest absolute Gasteiger partial charge is 0.356 e. The minimum absolute atomic E-state index is 0.0202. The summed E-state index contributed by atoms with van der Waals surface area (Å²) in [4.78, 5) is 25.7. The van der Waals surface area contributed by atoms with Crippen molar-refractivity contribution in [1.82, 2.24) is 25.2 Å². The lowest BCUT2D eigenvalue weighted by molar-refractivity contribution is -0.137. The zero-order chi connectivity index (χ0) is 21.6. The van der Waals surface area contributed by atoms with Crippen LogP contribution < -0.4 is 5.32 Å². The summed E-state index contributed by atoms with van der Waals surface area (Å²) < 4.78 is 1.77. The van der Waals surface area contributed by atoms with Gasteiger partial charge < -0.3 is 10.2 Å². The van der Waals surface area contributed by atoms with Gasteiger partial charge in [0.2, 0.25) is 11.8 Å². The maximum Gasteiger partial charge on any atom is 0.223 e. The molecule has 1 N–H and O–H groups in total. The molecule has 1 aliphatic rings. The lowest BCUT2D eigenvalue weighted by Crippen LogP contribution is -2.48. The number of nitrogens with one attached hydrogen (secondary N) is 1. The summed E-state index contributed by atoms with van der Waals surface area (Å²) in [5.41, 5.74) is 4.16. The van der Waals surface area contributed by atoms with E-state index in [4.69, 9.17) is 0 Å². The van der Waals surface area contributed by atoms with Crippen LogP contribution in [0.3, 0.4) is 0 Å². The average Bonchev–Trinajstić information content (AvgIpc) is 3.25. The first-order valence-corrected chi connectivity index (χ1v) is 10.8. The number of hydrogen-bond acceptors (Lipinski definition) is 4. The van der Waals surface area contributed by atoms with Crippen LogP contribution in [0.2, 0.25) is 0 Å². The Labute approximate surface area is 182 Å². The van der Waals surface area contributed by atoms with Crippen molar-refractivity contribution in [3.63, 3.8) is 0 Å². The van der Waals surface area contributed by atoms with Gasteiger partial charge >= 0.3 is 0 Å². The molecule has 0 atom stereocenters. The van der Waals surface area contributed by atoms with E-state index in [2.05, 4.69) is 39.9 Å².